The third-order valence-corrected chi connectivity index (χ3v) is 3.40. The number of fused-ring (bicyclic) bond motifs is 1. The number of methoxy groups -OCH3 is 1. The largest absolute Gasteiger partial charge is 0.497 e. The number of nitrogens with zero attached hydrogens (tertiary/aromatic N) is 1. The third-order valence-electron chi connectivity index (χ3n) is 3.40. The molecule has 3 heteroatoms. The lowest BCUT2D eigenvalue weighted by Gasteiger charge is -2.33. The van der Waals surface area contributed by atoms with Crippen molar-refractivity contribution in [3.63, 3.8) is 0 Å². The number of nitrogens with two attached hydrogens (primary N) is 1. The minimum atomic E-state index is 0.443. The van der Waals surface area contributed by atoms with Gasteiger partial charge in [-0.15, -0.1) is 0 Å². The van der Waals surface area contributed by atoms with Crippen molar-refractivity contribution in [1.82, 2.24) is 4.90 Å². The van der Waals surface area contributed by atoms with Crippen molar-refractivity contribution < 1.29 is 4.74 Å². The maximum atomic E-state index is 5.86. The molecule has 1 aliphatic heterocycles. The van der Waals surface area contributed by atoms with E-state index in [-0.39, 0.29) is 0 Å². The predicted octanol–water partition coefficient (Wildman–Crippen LogP) is 1.57. The van der Waals surface area contributed by atoms with Gasteiger partial charge in [-0.1, -0.05) is 13.0 Å². The van der Waals surface area contributed by atoms with E-state index in [1.165, 1.54) is 11.1 Å². The van der Waals surface area contributed by atoms with Gasteiger partial charge in [0.1, 0.15) is 5.75 Å². The van der Waals surface area contributed by atoms with E-state index in [0.29, 0.717) is 12.5 Å². The highest BCUT2D eigenvalue weighted by atomic mass is 16.5. The molecule has 2 N–H and O–H groups in total. The van der Waals surface area contributed by atoms with Crippen LogP contribution in [0.25, 0.3) is 0 Å². The van der Waals surface area contributed by atoms with E-state index in [1.807, 2.05) is 6.07 Å². The molecule has 1 unspecified atom stereocenters. The van der Waals surface area contributed by atoms with Gasteiger partial charge in [0, 0.05) is 25.6 Å². The molecule has 0 bridgehead atoms. The Kier molecular flexibility index (Phi) is 3.46. The average molecular weight is 220 g/mol. The van der Waals surface area contributed by atoms with Gasteiger partial charge in [0.05, 0.1) is 7.11 Å². The molecule has 0 saturated heterocycles. The number of rotatable bonds is 3. The average Bonchev–Trinajstić information content (AvgIpc) is 2.36. The van der Waals surface area contributed by atoms with E-state index >= 15 is 0 Å². The summed E-state index contributed by atoms with van der Waals surface area (Å²) >= 11 is 0. The third kappa shape index (κ3) is 2.06. The van der Waals surface area contributed by atoms with E-state index < -0.39 is 0 Å². The fourth-order valence-corrected chi connectivity index (χ4v) is 2.38. The second-order valence-electron chi connectivity index (χ2n) is 4.33. The maximum Gasteiger partial charge on any atom is 0.119 e. The van der Waals surface area contributed by atoms with Gasteiger partial charge in [0.15, 0.2) is 0 Å². The van der Waals surface area contributed by atoms with Crippen LogP contribution in [0, 0.1) is 0 Å². The van der Waals surface area contributed by atoms with Gasteiger partial charge in [-0.25, -0.2) is 0 Å². The first-order valence-electron chi connectivity index (χ1n) is 5.87. The van der Waals surface area contributed by atoms with Crippen LogP contribution < -0.4 is 10.5 Å². The molecule has 1 aromatic carbocycles. The van der Waals surface area contributed by atoms with Crippen molar-refractivity contribution in [3.8, 4) is 5.75 Å². The van der Waals surface area contributed by atoms with Crippen molar-refractivity contribution in [1.29, 1.82) is 0 Å². The van der Waals surface area contributed by atoms with Crippen LogP contribution in [-0.4, -0.2) is 31.6 Å². The Morgan fingerprint density at radius 2 is 2.31 bits per heavy atom. The van der Waals surface area contributed by atoms with Gasteiger partial charge >= 0.3 is 0 Å². The molecule has 0 radical (unpaired) electrons. The van der Waals surface area contributed by atoms with Gasteiger partial charge in [-0.05, 0) is 29.8 Å². The molecule has 16 heavy (non-hydrogen) atoms. The van der Waals surface area contributed by atoms with E-state index in [2.05, 4.69) is 24.0 Å². The van der Waals surface area contributed by atoms with Crippen LogP contribution in [0.3, 0.4) is 0 Å². The zero-order valence-electron chi connectivity index (χ0n) is 10.1. The number of likely N-dealkylation sites (N-methyl/N-ethyl adjacent to an activating group) is 1. The van der Waals surface area contributed by atoms with Crippen molar-refractivity contribution >= 4 is 0 Å². The summed E-state index contributed by atoms with van der Waals surface area (Å²) in [5.74, 6) is 1.38. The molecule has 0 aromatic heterocycles. The van der Waals surface area contributed by atoms with E-state index in [0.717, 1.165) is 25.4 Å². The second kappa shape index (κ2) is 4.85. The van der Waals surface area contributed by atoms with Crippen molar-refractivity contribution in [3.05, 3.63) is 29.3 Å². The molecule has 0 spiro atoms. The van der Waals surface area contributed by atoms with Gasteiger partial charge in [0.2, 0.25) is 0 Å². The highest BCUT2D eigenvalue weighted by molar-refractivity contribution is 5.39. The lowest BCUT2D eigenvalue weighted by atomic mass is 9.89. The van der Waals surface area contributed by atoms with Gasteiger partial charge < -0.3 is 10.5 Å². The normalized spacial score (nSPS) is 20.6. The lowest BCUT2D eigenvalue weighted by Crippen LogP contribution is -2.36. The maximum absolute atomic E-state index is 5.86. The SMILES string of the molecule is CCN1Cc2ccc(OC)cc2C(CN)C1. The van der Waals surface area contributed by atoms with Crippen molar-refractivity contribution in [2.75, 3.05) is 26.7 Å². The number of hydrogen-bond donors (Lipinski definition) is 1. The second-order valence-corrected chi connectivity index (χ2v) is 4.33. The number of hydrogen-bond acceptors (Lipinski definition) is 3. The summed E-state index contributed by atoms with van der Waals surface area (Å²) in [5, 5.41) is 0. The summed E-state index contributed by atoms with van der Waals surface area (Å²) in [6.07, 6.45) is 0. The highest BCUT2D eigenvalue weighted by Crippen LogP contribution is 2.30. The van der Waals surface area contributed by atoms with Crippen LogP contribution in [0.5, 0.6) is 5.75 Å². The lowest BCUT2D eigenvalue weighted by molar-refractivity contribution is 0.243. The Morgan fingerprint density at radius 1 is 1.50 bits per heavy atom. The van der Waals surface area contributed by atoms with Crippen LogP contribution in [0.2, 0.25) is 0 Å². The topological polar surface area (TPSA) is 38.5 Å². The fourth-order valence-electron chi connectivity index (χ4n) is 2.38. The first-order valence-corrected chi connectivity index (χ1v) is 5.87. The minimum Gasteiger partial charge on any atom is -0.497 e. The van der Waals surface area contributed by atoms with Crippen LogP contribution in [0.4, 0.5) is 0 Å². The Morgan fingerprint density at radius 3 is 2.94 bits per heavy atom. The Hall–Kier alpha value is -1.06. The molecule has 1 heterocycles. The van der Waals surface area contributed by atoms with Crippen molar-refractivity contribution in [2.24, 2.45) is 5.73 Å². The van der Waals surface area contributed by atoms with Crippen LogP contribution in [0.15, 0.2) is 18.2 Å². The standard InChI is InChI=1S/C13H20N2O/c1-3-15-8-10-4-5-12(16-2)6-13(10)11(7-14)9-15/h4-6,11H,3,7-9,14H2,1-2H3. The highest BCUT2D eigenvalue weighted by Gasteiger charge is 2.23. The molecule has 1 aromatic rings. The smallest absolute Gasteiger partial charge is 0.119 e. The van der Waals surface area contributed by atoms with Crippen LogP contribution in [0.1, 0.15) is 24.0 Å². The van der Waals surface area contributed by atoms with Crippen LogP contribution >= 0.6 is 0 Å². The van der Waals surface area contributed by atoms with Gasteiger partial charge in [-0.3, -0.25) is 4.90 Å². The first kappa shape index (κ1) is 11.4. The van der Waals surface area contributed by atoms with Gasteiger partial charge in [-0.2, -0.15) is 0 Å². The molecule has 0 saturated carbocycles. The molecule has 88 valence electrons. The van der Waals surface area contributed by atoms with Gasteiger partial charge in [0.25, 0.3) is 0 Å². The van der Waals surface area contributed by atoms with E-state index in [1.54, 1.807) is 7.11 Å². The summed E-state index contributed by atoms with van der Waals surface area (Å²) in [6, 6.07) is 6.34. The van der Waals surface area contributed by atoms with E-state index in [9.17, 15) is 0 Å². The fraction of sp³-hybridized carbons (Fsp3) is 0.538. The Bertz CT molecular complexity index is 365. The Labute approximate surface area is 97.2 Å². The van der Waals surface area contributed by atoms with E-state index in [4.69, 9.17) is 10.5 Å². The molecule has 1 atom stereocenters. The number of ether oxygens (including phenoxy) is 1. The minimum absolute atomic E-state index is 0.443. The first-order chi connectivity index (χ1) is 7.78. The number of benzene rings is 1. The molecule has 0 aliphatic carbocycles. The summed E-state index contributed by atoms with van der Waals surface area (Å²) in [6.45, 7) is 6.08. The molecule has 0 amide bonds. The molecule has 2 rings (SSSR count). The van der Waals surface area contributed by atoms with Crippen molar-refractivity contribution in [2.45, 2.75) is 19.4 Å². The zero-order valence-corrected chi connectivity index (χ0v) is 10.1. The van der Waals surface area contributed by atoms with Crippen LogP contribution in [-0.2, 0) is 6.54 Å². The predicted molar refractivity (Wildman–Crippen MR) is 65.7 cm³/mol. The Balaban J connectivity index is 2.34. The summed E-state index contributed by atoms with van der Waals surface area (Å²) in [5.41, 5.74) is 8.62. The summed E-state index contributed by atoms with van der Waals surface area (Å²) < 4.78 is 5.27. The molecule has 3 nitrogen and oxygen atoms in total. The monoisotopic (exact) mass is 220 g/mol. The molecule has 0 fully saturated rings. The molecular formula is C13H20N2O. The molecular weight excluding hydrogens is 200 g/mol. The molecule has 1 aliphatic rings. The zero-order chi connectivity index (χ0) is 11.5. The summed E-state index contributed by atoms with van der Waals surface area (Å²) in [7, 11) is 1.71. The summed E-state index contributed by atoms with van der Waals surface area (Å²) in [4.78, 5) is 2.44. The quantitative estimate of drug-likeness (QED) is 0.840.